The van der Waals surface area contributed by atoms with Crippen molar-refractivity contribution in [3.05, 3.63) is 53.6 Å². The molecule has 0 spiro atoms. The maximum absolute atomic E-state index is 12.5. The van der Waals surface area contributed by atoms with E-state index in [1.165, 1.54) is 0 Å². The van der Waals surface area contributed by atoms with E-state index in [1.54, 1.807) is 56.7 Å². The Bertz CT molecular complexity index is 743. The van der Waals surface area contributed by atoms with Crippen molar-refractivity contribution in [1.82, 2.24) is 4.90 Å². The second-order valence-corrected chi connectivity index (χ2v) is 6.71. The van der Waals surface area contributed by atoms with Crippen LogP contribution in [0.1, 0.15) is 15.9 Å². The minimum absolute atomic E-state index is 0.0989. The lowest BCUT2D eigenvalue weighted by molar-refractivity contribution is 0.0785. The molecule has 0 N–H and O–H groups in total. The monoisotopic (exact) mass is 347 g/mol. The van der Waals surface area contributed by atoms with Gasteiger partial charge in [-0.3, -0.25) is 9.00 Å². The van der Waals surface area contributed by atoms with E-state index in [4.69, 9.17) is 9.47 Å². The first-order valence-corrected chi connectivity index (χ1v) is 8.92. The highest BCUT2D eigenvalue weighted by molar-refractivity contribution is 7.84. The molecule has 0 heterocycles. The Morgan fingerprint density at radius 1 is 1.04 bits per heavy atom. The normalized spacial score (nSPS) is 11.7. The van der Waals surface area contributed by atoms with Crippen LogP contribution in [-0.2, 0) is 17.3 Å². The molecule has 0 fully saturated rings. The van der Waals surface area contributed by atoms with Crippen LogP contribution in [0.5, 0.6) is 11.5 Å². The molecule has 0 aliphatic carbocycles. The standard InChI is InChI=1S/C18H21NO4S/c1-19(12-13-5-10-16(22-2)17(11-13)23-3)18(20)14-6-8-15(9-7-14)24(4)21/h5-11H,12H2,1-4H3/t24-/m1/s1. The molecule has 2 aromatic carbocycles. The second kappa shape index (κ2) is 7.97. The Hall–Kier alpha value is -2.34. The van der Waals surface area contributed by atoms with Gasteiger partial charge in [-0.05, 0) is 42.0 Å². The number of benzene rings is 2. The highest BCUT2D eigenvalue weighted by Gasteiger charge is 2.13. The first-order valence-electron chi connectivity index (χ1n) is 7.36. The number of amides is 1. The summed E-state index contributed by atoms with van der Waals surface area (Å²) in [5, 5.41) is 0. The van der Waals surface area contributed by atoms with E-state index in [1.807, 2.05) is 18.2 Å². The second-order valence-electron chi connectivity index (χ2n) is 5.33. The Morgan fingerprint density at radius 3 is 2.21 bits per heavy atom. The molecule has 1 atom stereocenters. The van der Waals surface area contributed by atoms with Gasteiger partial charge in [0.1, 0.15) is 0 Å². The molecular weight excluding hydrogens is 326 g/mol. The van der Waals surface area contributed by atoms with Crippen LogP contribution >= 0.6 is 0 Å². The van der Waals surface area contributed by atoms with Crippen LogP contribution in [0.3, 0.4) is 0 Å². The first-order chi connectivity index (χ1) is 11.5. The van der Waals surface area contributed by atoms with Gasteiger partial charge in [0.15, 0.2) is 11.5 Å². The van der Waals surface area contributed by atoms with E-state index in [0.717, 1.165) is 5.56 Å². The highest BCUT2D eigenvalue weighted by atomic mass is 32.2. The third-order valence-electron chi connectivity index (χ3n) is 3.65. The van der Waals surface area contributed by atoms with E-state index in [0.29, 0.717) is 28.5 Å². The number of hydrogen-bond acceptors (Lipinski definition) is 4. The van der Waals surface area contributed by atoms with E-state index in [9.17, 15) is 9.00 Å². The van der Waals surface area contributed by atoms with Crippen LogP contribution in [0.25, 0.3) is 0 Å². The average Bonchev–Trinajstić information content (AvgIpc) is 2.60. The van der Waals surface area contributed by atoms with Crippen molar-refractivity contribution in [2.45, 2.75) is 11.4 Å². The Morgan fingerprint density at radius 2 is 1.67 bits per heavy atom. The number of carbonyl (C=O) groups excluding carboxylic acids is 1. The molecule has 0 saturated heterocycles. The van der Waals surface area contributed by atoms with Gasteiger partial charge in [0.05, 0.1) is 14.2 Å². The Balaban J connectivity index is 2.12. The quantitative estimate of drug-likeness (QED) is 0.806. The van der Waals surface area contributed by atoms with Gasteiger partial charge in [-0.2, -0.15) is 0 Å². The van der Waals surface area contributed by atoms with Gasteiger partial charge >= 0.3 is 0 Å². The van der Waals surface area contributed by atoms with E-state index >= 15 is 0 Å². The summed E-state index contributed by atoms with van der Waals surface area (Å²) in [7, 11) is 3.85. The van der Waals surface area contributed by atoms with Crippen LogP contribution in [0.15, 0.2) is 47.4 Å². The van der Waals surface area contributed by atoms with Gasteiger partial charge in [-0.25, -0.2) is 0 Å². The number of nitrogens with zero attached hydrogens (tertiary/aromatic N) is 1. The summed E-state index contributed by atoms with van der Waals surface area (Å²) in [6.07, 6.45) is 1.61. The lowest BCUT2D eigenvalue weighted by atomic mass is 10.1. The van der Waals surface area contributed by atoms with Crippen LogP contribution in [0.2, 0.25) is 0 Å². The maximum atomic E-state index is 12.5. The van der Waals surface area contributed by atoms with Gasteiger partial charge in [-0.15, -0.1) is 0 Å². The van der Waals surface area contributed by atoms with Crippen molar-refractivity contribution < 1.29 is 18.5 Å². The van der Waals surface area contributed by atoms with Crippen LogP contribution < -0.4 is 9.47 Å². The van der Waals surface area contributed by atoms with E-state index in [-0.39, 0.29) is 5.91 Å². The van der Waals surface area contributed by atoms with Crippen molar-refractivity contribution in [2.24, 2.45) is 0 Å². The van der Waals surface area contributed by atoms with Crippen LogP contribution in [0.4, 0.5) is 0 Å². The molecule has 0 aromatic heterocycles. The molecule has 6 heteroatoms. The van der Waals surface area contributed by atoms with Crippen molar-refractivity contribution in [1.29, 1.82) is 0 Å². The average molecular weight is 347 g/mol. The zero-order chi connectivity index (χ0) is 17.7. The topological polar surface area (TPSA) is 55.8 Å². The maximum Gasteiger partial charge on any atom is 0.253 e. The zero-order valence-electron chi connectivity index (χ0n) is 14.2. The molecule has 0 bridgehead atoms. The summed E-state index contributed by atoms with van der Waals surface area (Å²) in [4.78, 5) is 14.8. The smallest absolute Gasteiger partial charge is 0.253 e. The molecule has 2 rings (SSSR count). The van der Waals surface area contributed by atoms with Crippen molar-refractivity contribution >= 4 is 16.7 Å². The molecular formula is C18H21NO4S. The predicted molar refractivity (Wildman–Crippen MR) is 94.1 cm³/mol. The summed E-state index contributed by atoms with van der Waals surface area (Å²) >= 11 is 0. The van der Waals surface area contributed by atoms with Crippen LogP contribution in [-0.4, -0.2) is 42.5 Å². The third kappa shape index (κ3) is 4.14. The lowest BCUT2D eigenvalue weighted by Gasteiger charge is -2.18. The van der Waals surface area contributed by atoms with Gasteiger partial charge in [-0.1, -0.05) is 6.07 Å². The zero-order valence-corrected chi connectivity index (χ0v) is 15.1. The summed E-state index contributed by atoms with van der Waals surface area (Å²) < 4.78 is 21.9. The molecule has 2 aromatic rings. The van der Waals surface area contributed by atoms with Crippen molar-refractivity contribution in [3.8, 4) is 11.5 Å². The number of hydrogen-bond donors (Lipinski definition) is 0. The fraction of sp³-hybridized carbons (Fsp3) is 0.278. The summed E-state index contributed by atoms with van der Waals surface area (Å²) in [5.74, 6) is 1.18. The fourth-order valence-corrected chi connectivity index (χ4v) is 2.85. The first kappa shape index (κ1) is 18.0. The molecule has 5 nitrogen and oxygen atoms in total. The predicted octanol–water partition coefficient (Wildman–Crippen LogP) is 2.71. The number of methoxy groups -OCH3 is 2. The molecule has 0 radical (unpaired) electrons. The highest BCUT2D eigenvalue weighted by Crippen LogP contribution is 2.28. The minimum atomic E-state index is -1.05. The molecule has 128 valence electrons. The van der Waals surface area contributed by atoms with E-state index < -0.39 is 10.8 Å². The minimum Gasteiger partial charge on any atom is -0.493 e. The Kier molecular flexibility index (Phi) is 5.98. The van der Waals surface area contributed by atoms with Crippen LogP contribution in [0, 0.1) is 0 Å². The summed E-state index contributed by atoms with van der Waals surface area (Å²) in [6.45, 7) is 0.445. The molecule has 1 amide bonds. The third-order valence-corrected chi connectivity index (χ3v) is 4.58. The number of ether oxygens (including phenoxy) is 2. The molecule has 0 aliphatic heterocycles. The molecule has 0 aliphatic rings. The number of rotatable bonds is 6. The molecule has 0 saturated carbocycles. The molecule has 0 unspecified atom stereocenters. The van der Waals surface area contributed by atoms with E-state index in [2.05, 4.69) is 0 Å². The Labute approximate surface area is 144 Å². The summed E-state index contributed by atoms with van der Waals surface area (Å²) in [6, 6.07) is 12.4. The molecule has 24 heavy (non-hydrogen) atoms. The SMILES string of the molecule is COc1ccc(CN(C)C(=O)c2ccc([S@@](C)=O)cc2)cc1OC. The lowest BCUT2D eigenvalue weighted by Crippen LogP contribution is -2.26. The van der Waals surface area contributed by atoms with Gasteiger partial charge < -0.3 is 14.4 Å². The van der Waals surface area contributed by atoms with Gasteiger partial charge in [0.2, 0.25) is 0 Å². The van der Waals surface area contributed by atoms with Crippen molar-refractivity contribution in [2.75, 3.05) is 27.5 Å². The number of carbonyl (C=O) groups is 1. The van der Waals surface area contributed by atoms with Gasteiger partial charge in [0.25, 0.3) is 5.91 Å². The van der Waals surface area contributed by atoms with Crippen molar-refractivity contribution in [3.63, 3.8) is 0 Å². The fourth-order valence-electron chi connectivity index (χ4n) is 2.33. The van der Waals surface area contributed by atoms with Gasteiger partial charge in [0, 0.05) is 41.1 Å². The summed E-state index contributed by atoms with van der Waals surface area (Å²) in [5.41, 5.74) is 1.50. The largest absolute Gasteiger partial charge is 0.493 e.